The minimum absolute atomic E-state index is 0.0165. The molecule has 174 valence electrons. The summed E-state index contributed by atoms with van der Waals surface area (Å²) in [6.07, 6.45) is 2.23. The largest absolute Gasteiger partial charge is 0.213 e. The van der Waals surface area contributed by atoms with Crippen LogP contribution < -0.4 is 4.57 Å². The third-order valence-corrected chi connectivity index (χ3v) is 7.23. The van der Waals surface area contributed by atoms with E-state index in [1.165, 1.54) is 54.7 Å². The highest BCUT2D eigenvalue weighted by Crippen LogP contribution is 2.45. The van der Waals surface area contributed by atoms with Crippen LogP contribution in [0.15, 0.2) is 66.9 Å². The summed E-state index contributed by atoms with van der Waals surface area (Å²) < 4.78 is 2.44. The zero-order chi connectivity index (χ0) is 24.6. The van der Waals surface area contributed by atoms with Gasteiger partial charge in [-0.05, 0) is 66.4 Å². The molecular weight excluding hydrogens is 410 g/mol. The van der Waals surface area contributed by atoms with E-state index >= 15 is 0 Å². The predicted molar refractivity (Wildman–Crippen MR) is 148 cm³/mol. The van der Waals surface area contributed by atoms with E-state index in [1.54, 1.807) is 0 Å². The number of hydrogen-bond acceptors (Lipinski definition) is 0. The van der Waals surface area contributed by atoms with E-state index in [-0.39, 0.29) is 16.4 Å². The SMILES string of the molecule is CC(C)(C)c1cc2ccc3cc(C(C)(C)C)c(-c4cccc[n+]4C(C)(C)C)c4ccc(c1)c2c34. The lowest BCUT2D eigenvalue weighted by Crippen LogP contribution is -2.51. The van der Waals surface area contributed by atoms with E-state index < -0.39 is 0 Å². The molecule has 1 aromatic heterocycles. The molecule has 4 aromatic carbocycles. The van der Waals surface area contributed by atoms with Gasteiger partial charge in [0.15, 0.2) is 11.7 Å². The Labute approximate surface area is 204 Å². The molecule has 0 amide bonds. The van der Waals surface area contributed by atoms with Crippen LogP contribution in [0.4, 0.5) is 0 Å². The van der Waals surface area contributed by atoms with Gasteiger partial charge in [-0.1, -0.05) is 77.9 Å². The van der Waals surface area contributed by atoms with Crippen LogP contribution in [0.2, 0.25) is 0 Å². The first kappa shape index (κ1) is 22.8. The Morgan fingerprint density at radius 2 is 1.18 bits per heavy atom. The normalized spacial score (nSPS) is 13.4. The summed E-state index contributed by atoms with van der Waals surface area (Å²) in [5.74, 6) is 0. The molecule has 5 aromatic rings. The fraction of sp³-hybridized carbons (Fsp3) is 0.364. The average molecular weight is 449 g/mol. The van der Waals surface area contributed by atoms with Crippen LogP contribution in [-0.4, -0.2) is 0 Å². The highest BCUT2D eigenvalue weighted by atomic mass is 15.0. The molecule has 1 heterocycles. The topological polar surface area (TPSA) is 3.88 Å². The van der Waals surface area contributed by atoms with E-state index in [9.17, 15) is 0 Å². The number of hydrogen-bond donors (Lipinski definition) is 0. The van der Waals surface area contributed by atoms with Gasteiger partial charge in [-0.25, -0.2) is 0 Å². The van der Waals surface area contributed by atoms with Crippen LogP contribution in [-0.2, 0) is 16.4 Å². The second-order valence-electron chi connectivity index (χ2n) is 13.0. The van der Waals surface area contributed by atoms with Gasteiger partial charge in [0, 0.05) is 32.9 Å². The van der Waals surface area contributed by atoms with Crippen molar-refractivity contribution in [3.05, 3.63) is 78.0 Å². The standard InChI is InChI=1S/C33H38N/c1-31(2,3)24-18-21-13-14-23-20-26(32(4,5)6)30(25-16-15-22(19-24)28(21)29(23)25)27-12-10-11-17-34(27)33(7,8)9/h10-20H,1-9H3/q+1. The van der Waals surface area contributed by atoms with Crippen LogP contribution in [0.5, 0.6) is 0 Å². The molecule has 5 rings (SSSR count). The van der Waals surface area contributed by atoms with E-state index in [0.29, 0.717) is 0 Å². The molecule has 0 unspecified atom stereocenters. The van der Waals surface area contributed by atoms with Crippen LogP contribution >= 0.6 is 0 Å². The van der Waals surface area contributed by atoms with Gasteiger partial charge in [0.25, 0.3) is 0 Å². The van der Waals surface area contributed by atoms with Crippen molar-refractivity contribution in [1.29, 1.82) is 0 Å². The first-order valence-corrected chi connectivity index (χ1v) is 12.5. The highest BCUT2D eigenvalue weighted by Gasteiger charge is 2.32. The summed E-state index contributed by atoms with van der Waals surface area (Å²) in [6.45, 7) is 20.8. The van der Waals surface area contributed by atoms with Gasteiger partial charge in [0.2, 0.25) is 5.69 Å². The maximum Gasteiger partial charge on any atom is 0.213 e. The minimum atomic E-state index is -0.0165. The van der Waals surface area contributed by atoms with E-state index in [1.807, 2.05) is 0 Å². The Morgan fingerprint density at radius 3 is 1.74 bits per heavy atom. The molecule has 34 heavy (non-hydrogen) atoms. The first-order chi connectivity index (χ1) is 15.8. The van der Waals surface area contributed by atoms with Crippen molar-refractivity contribution in [2.24, 2.45) is 0 Å². The van der Waals surface area contributed by atoms with Gasteiger partial charge in [0.1, 0.15) is 0 Å². The molecule has 0 N–H and O–H groups in total. The van der Waals surface area contributed by atoms with Crippen molar-refractivity contribution in [3.8, 4) is 11.3 Å². The van der Waals surface area contributed by atoms with E-state index in [0.717, 1.165) is 0 Å². The molecule has 0 spiro atoms. The van der Waals surface area contributed by atoms with Gasteiger partial charge >= 0.3 is 0 Å². The van der Waals surface area contributed by atoms with Gasteiger partial charge < -0.3 is 0 Å². The summed E-state index contributed by atoms with van der Waals surface area (Å²) in [6, 6.07) is 23.3. The number of benzene rings is 4. The molecule has 0 aliphatic rings. The second kappa shape index (κ2) is 7.28. The summed E-state index contributed by atoms with van der Waals surface area (Å²) in [4.78, 5) is 0. The first-order valence-electron chi connectivity index (χ1n) is 12.5. The molecule has 0 radical (unpaired) electrons. The molecule has 0 fully saturated rings. The molecular formula is C33H38N+. The number of nitrogens with zero attached hydrogens (tertiary/aromatic N) is 1. The van der Waals surface area contributed by atoms with Gasteiger partial charge in [-0.2, -0.15) is 4.57 Å². The fourth-order valence-corrected chi connectivity index (χ4v) is 5.43. The lowest BCUT2D eigenvalue weighted by Gasteiger charge is -2.27. The molecule has 0 saturated heterocycles. The number of rotatable bonds is 1. The molecule has 1 heteroatoms. The lowest BCUT2D eigenvalue weighted by atomic mass is 9.77. The van der Waals surface area contributed by atoms with Gasteiger partial charge in [0.05, 0.1) is 5.56 Å². The summed E-state index contributed by atoms with van der Waals surface area (Å²) in [7, 11) is 0. The van der Waals surface area contributed by atoms with Crippen molar-refractivity contribution in [1.82, 2.24) is 0 Å². The Kier molecular flexibility index (Phi) is 4.89. The number of aromatic nitrogens is 1. The summed E-state index contributed by atoms with van der Waals surface area (Å²) in [5.41, 5.74) is 5.57. The smallest absolute Gasteiger partial charge is 0.194 e. The summed E-state index contributed by atoms with van der Waals surface area (Å²) in [5, 5.41) is 8.15. The molecule has 0 saturated carbocycles. The Hall–Kier alpha value is -2.93. The average Bonchev–Trinajstić information content (AvgIpc) is 2.74. The monoisotopic (exact) mass is 448 g/mol. The maximum absolute atomic E-state index is 2.45. The van der Waals surface area contributed by atoms with E-state index in [4.69, 9.17) is 0 Å². The predicted octanol–water partition coefficient (Wildman–Crippen LogP) is 8.89. The third kappa shape index (κ3) is 3.57. The lowest BCUT2D eigenvalue weighted by molar-refractivity contribution is -0.744. The van der Waals surface area contributed by atoms with Crippen LogP contribution in [0.3, 0.4) is 0 Å². The fourth-order valence-electron chi connectivity index (χ4n) is 5.43. The quantitative estimate of drug-likeness (QED) is 0.178. The highest BCUT2D eigenvalue weighted by molar-refractivity contribution is 6.26. The van der Waals surface area contributed by atoms with Crippen LogP contribution in [0, 0.1) is 0 Å². The van der Waals surface area contributed by atoms with Crippen molar-refractivity contribution in [2.75, 3.05) is 0 Å². The molecule has 0 bridgehead atoms. The molecule has 0 atom stereocenters. The van der Waals surface area contributed by atoms with Crippen molar-refractivity contribution < 1.29 is 4.57 Å². The number of pyridine rings is 1. The Bertz CT molecular complexity index is 1510. The van der Waals surface area contributed by atoms with Crippen molar-refractivity contribution in [3.63, 3.8) is 0 Å². The van der Waals surface area contributed by atoms with Crippen LogP contribution in [0.25, 0.3) is 43.6 Å². The third-order valence-electron chi connectivity index (χ3n) is 7.23. The van der Waals surface area contributed by atoms with E-state index in [2.05, 4.69) is 134 Å². The Morgan fingerprint density at radius 1 is 0.588 bits per heavy atom. The van der Waals surface area contributed by atoms with Crippen LogP contribution in [0.1, 0.15) is 73.4 Å². The minimum Gasteiger partial charge on any atom is -0.194 e. The van der Waals surface area contributed by atoms with Gasteiger partial charge in [-0.15, -0.1) is 0 Å². The Balaban J connectivity index is 1.99. The summed E-state index contributed by atoms with van der Waals surface area (Å²) >= 11 is 0. The molecule has 0 aliphatic carbocycles. The second-order valence-corrected chi connectivity index (χ2v) is 13.0. The molecule has 0 aliphatic heterocycles. The molecule has 1 nitrogen and oxygen atoms in total. The van der Waals surface area contributed by atoms with Gasteiger partial charge in [-0.3, -0.25) is 0 Å². The van der Waals surface area contributed by atoms with Crippen molar-refractivity contribution in [2.45, 2.75) is 78.7 Å². The zero-order valence-corrected chi connectivity index (χ0v) is 22.3. The maximum atomic E-state index is 2.45. The van der Waals surface area contributed by atoms with Crippen molar-refractivity contribution >= 4 is 32.3 Å². The zero-order valence-electron chi connectivity index (χ0n) is 22.3.